The van der Waals surface area contributed by atoms with Crippen LogP contribution >= 0.6 is 12.2 Å². The van der Waals surface area contributed by atoms with Crippen LogP contribution < -0.4 is 14.8 Å². The van der Waals surface area contributed by atoms with Crippen LogP contribution in [0.3, 0.4) is 0 Å². The van der Waals surface area contributed by atoms with E-state index in [1.54, 1.807) is 13.2 Å². The number of phenols is 1. The number of fused-ring (bicyclic) bond motifs is 1. The second-order valence-electron chi connectivity index (χ2n) is 8.81. The molecule has 0 fully saturated rings. The second kappa shape index (κ2) is 11.4. The number of ether oxygens (including phenoxy) is 2. The number of methoxy groups -OCH3 is 1. The van der Waals surface area contributed by atoms with E-state index in [1.807, 2.05) is 43.3 Å². The third-order valence-electron chi connectivity index (χ3n) is 6.46. The van der Waals surface area contributed by atoms with Crippen LogP contribution in [0.25, 0.3) is 10.9 Å². The van der Waals surface area contributed by atoms with E-state index >= 15 is 0 Å². The van der Waals surface area contributed by atoms with Gasteiger partial charge in [-0.05, 0) is 98.1 Å². The van der Waals surface area contributed by atoms with Crippen molar-refractivity contribution in [1.82, 2.24) is 9.88 Å². The minimum atomic E-state index is 0.135. The van der Waals surface area contributed by atoms with Gasteiger partial charge in [0.15, 0.2) is 16.6 Å². The molecule has 0 aliphatic heterocycles. The van der Waals surface area contributed by atoms with Gasteiger partial charge in [-0.3, -0.25) is 0 Å². The second-order valence-corrected chi connectivity index (χ2v) is 9.20. The van der Waals surface area contributed by atoms with Crippen molar-refractivity contribution >= 4 is 33.9 Å². The molecule has 36 heavy (non-hydrogen) atoms. The minimum Gasteiger partial charge on any atom is -0.504 e. The van der Waals surface area contributed by atoms with Gasteiger partial charge in [0.1, 0.15) is 5.75 Å². The zero-order chi connectivity index (χ0) is 25.7. The molecule has 4 aromatic rings. The molecule has 0 bridgehead atoms. The molecule has 3 N–H and O–H groups in total. The van der Waals surface area contributed by atoms with Crippen LogP contribution in [0.1, 0.15) is 29.2 Å². The number of H-pyrrole nitrogens is 1. The van der Waals surface area contributed by atoms with Crippen molar-refractivity contribution in [2.75, 3.05) is 25.6 Å². The summed E-state index contributed by atoms with van der Waals surface area (Å²) >= 11 is 5.91. The van der Waals surface area contributed by atoms with Gasteiger partial charge in [0.05, 0.1) is 13.7 Å². The molecule has 0 spiro atoms. The zero-order valence-corrected chi connectivity index (χ0v) is 22.0. The molecule has 0 saturated carbocycles. The van der Waals surface area contributed by atoms with Crippen LogP contribution in [0.5, 0.6) is 17.2 Å². The predicted molar refractivity (Wildman–Crippen MR) is 150 cm³/mol. The van der Waals surface area contributed by atoms with Crippen molar-refractivity contribution in [1.29, 1.82) is 0 Å². The number of nitrogens with one attached hydrogen (secondary N) is 2. The Balaban J connectivity index is 1.59. The van der Waals surface area contributed by atoms with Crippen LogP contribution in [0, 0.1) is 13.8 Å². The highest BCUT2D eigenvalue weighted by atomic mass is 32.1. The summed E-state index contributed by atoms with van der Waals surface area (Å²) in [4.78, 5) is 5.51. The molecule has 7 heteroatoms. The standard InChI is InChI=1S/C29H33N3O3S/c1-5-35-28-15-21(9-12-27(28)33)18-32(29(36)31-25-8-6-7-19(2)20(25)3)14-13-22-17-30-26-11-10-23(34-4)16-24(22)26/h6-12,15-17,30,33H,5,13-14,18H2,1-4H3,(H,31,36). The van der Waals surface area contributed by atoms with E-state index in [4.69, 9.17) is 21.7 Å². The highest BCUT2D eigenvalue weighted by molar-refractivity contribution is 7.80. The van der Waals surface area contributed by atoms with Crippen LogP contribution in [0.4, 0.5) is 5.69 Å². The highest BCUT2D eigenvalue weighted by Crippen LogP contribution is 2.28. The fourth-order valence-corrected chi connectivity index (χ4v) is 4.49. The first-order valence-electron chi connectivity index (χ1n) is 12.1. The largest absolute Gasteiger partial charge is 0.504 e. The lowest BCUT2D eigenvalue weighted by molar-refractivity contribution is 0.317. The maximum atomic E-state index is 10.1. The third kappa shape index (κ3) is 5.74. The molecule has 3 aromatic carbocycles. The molecule has 0 amide bonds. The van der Waals surface area contributed by atoms with E-state index in [2.05, 4.69) is 47.4 Å². The zero-order valence-electron chi connectivity index (χ0n) is 21.2. The van der Waals surface area contributed by atoms with Crippen molar-refractivity contribution in [3.05, 3.63) is 83.0 Å². The molecule has 0 unspecified atom stereocenters. The molecule has 0 radical (unpaired) electrons. The molecular formula is C29H33N3O3S. The maximum Gasteiger partial charge on any atom is 0.173 e. The summed E-state index contributed by atoms with van der Waals surface area (Å²) in [6.07, 6.45) is 2.84. The van der Waals surface area contributed by atoms with E-state index < -0.39 is 0 Å². The molecular weight excluding hydrogens is 470 g/mol. The Bertz CT molecular complexity index is 1370. The van der Waals surface area contributed by atoms with E-state index in [1.165, 1.54) is 16.7 Å². The van der Waals surface area contributed by atoms with Crippen molar-refractivity contribution in [2.45, 2.75) is 33.7 Å². The number of nitrogens with zero attached hydrogens (tertiary/aromatic N) is 1. The monoisotopic (exact) mass is 503 g/mol. The molecule has 4 rings (SSSR count). The Morgan fingerprint density at radius 3 is 2.72 bits per heavy atom. The van der Waals surface area contributed by atoms with Crippen LogP contribution in [0.2, 0.25) is 0 Å². The van der Waals surface area contributed by atoms with Gasteiger partial charge < -0.3 is 29.8 Å². The fraction of sp³-hybridized carbons (Fsp3) is 0.276. The summed E-state index contributed by atoms with van der Waals surface area (Å²) in [7, 11) is 1.68. The average molecular weight is 504 g/mol. The first-order chi connectivity index (χ1) is 17.4. The molecule has 188 valence electrons. The highest BCUT2D eigenvalue weighted by Gasteiger charge is 2.15. The molecule has 1 heterocycles. The lowest BCUT2D eigenvalue weighted by atomic mass is 10.1. The van der Waals surface area contributed by atoms with E-state index in [0.717, 1.165) is 34.3 Å². The average Bonchev–Trinajstić information content (AvgIpc) is 3.28. The van der Waals surface area contributed by atoms with Crippen LogP contribution in [-0.2, 0) is 13.0 Å². The van der Waals surface area contributed by atoms with Gasteiger partial charge in [0.2, 0.25) is 0 Å². The number of aromatic nitrogens is 1. The number of thiocarbonyl (C=S) groups is 1. The number of aromatic amines is 1. The number of aromatic hydroxyl groups is 1. The van der Waals surface area contributed by atoms with Crippen LogP contribution in [-0.4, -0.2) is 40.4 Å². The number of hydrogen-bond donors (Lipinski definition) is 3. The first-order valence-corrected chi connectivity index (χ1v) is 12.5. The summed E-state index contributed by atoms with van der Waals surface area (Å²) in [5.41, 5.74) is 6.66. The predicted octanol–water partition coefficient (Wildman–Crippen LogP) is 6.34. The van der Waals surface area contributed by atoms with Crippen molar-refractivity contribution < 1.29 is 14.6 Å². The topological polar surface area (TPSA) is 69.8 Å². The summed E-state index contributed by atoms with van der Waals surface area (Å²) < 4.78 is 11.0. The number of hydrogen-bond acceptors (Lipinski definition) is 4. The minimum absolute atomic E-state index is 0.135. The SMILES string of the molecule is CCOc1cc(CN(CCc2c[nH]c3ccc(OC)cc23)C(=S)Nc2cccc(C)c2C)ccc1O. The molecule has 0 aliphatic rings. The number of benzene rings is 3. The van der Waals surface area contributed by atoms with Gasteiger partial charge in [-0.25, -0.2) is 0 Å². The fourth-order valence-electron chi connectivity index (χ4n) is 4.23. The van der Waals surface area contributed by atoms with E-state index in [9.17, 15) is 5.11 Å². The number of aryl methyl sites for hydroxylation is 1. The normalized spacial score (nSPS) is 10.9. The van der Waals surface area contributed by atoms with Gasteiger partial charge >= 0.3 is 0 Å². The lowest BCUT2D eigenvalue weighted by Crippen LogP contribution is -2.36. The van der Waals surface area contributed by atoms with E-state index in [-0.39, 0.29) is 5.75 Å². The third-order valence-corrected chi connectivity index (χ3v) is 6.82. The number of anilines is 1. The lowest BCUT2D eigenvalue weighted by Gasteiger charge is -2.27. The van der Waals surface area contributed by atoms with Gasteiger partial charge in [-0.15, -0.1) is 0 Å². The van der Waals surface area contributed by atoms with Crippen molar-refractivity contribution in [3.8, 4) is 17.2 Å². The van der Waals surface area contributed by atoms with Crippen molar-refractivity contribution in [2.24, 2.45) is 0 Å². The van der Waals surface area contributed by atoms with Gasteiger partial charge in [0.25, 0.3) is 0 Å². The Kier molecular flexibility index (Phi) is 8.00. The number of phenolic OH excluding ortho intramolecular Hbond substituents is 1. The van der Waals surface area contributed by atoms with E-state index in [0.29, 0.717) is 30.6 Å². The Morgan fingerprint density at radius 1 is 1.11 bits per heavy atom. The Morgan fingerprint density at radius 2 is 1.94 bits per heavy atom. The smallest absolute Gasteiger partial charge is 0.173 e. The summed E-state index contributed by atoms with van der Waals surface area (Å²) in [6.45, 7) is 7.85. The van der Waals surface area contributed by atoms with Gasteiger partial charge in [0, 0.05) is 35.9 Å². The molecule has 0 aliphatic carbocycles. The quantitative estimate of drug-likeness (QED) is 0.232. The molecule has 6 nitrogen and oxygen atoms in total. The summed E-state index contributed by atoms with van der Waals surface area (Å²) in [5, 5.41) is 15.4. The van der Waals surface area contributed by atoms with Gasteiger partial charge in [-0.2, -0.15) is 0 Å². The molecule has 1 aromatic heterocycles. The van der Waals surface area contributed by atoms with Crippen molar-refractivity contribution in [3.63, 3.8) is 0 Å². The summed E-state index contributed by atoms with van der Waals surface area (Å²) in [6, 6.07) is 17.7. The molecule has 0 atom stereocenters. The van der Waals surface area contributed by atoms with Gasteiger partial charge in [-0.1, -0.05) is 18.2 Å². The van der Waals surface area contributed by atoms with Crippen LogP contribution in [0.15, 0.2) is 60.8 Å². The summed E-state index contributed by atoms with van der Waals surface area (Å²) in [5.74, 6) is 1.45. The maximum absolute atomic E-state index is 10.1. The Labute approximate surface area is 217 Å². The molecule has 0 saturated heterocycles. The Hall–Kier alpha value is -3.71. The number of rotatable bonds is 9. The first kappa shape index (κ1) is 25.4.